The zero-order valence-corrected chi connectivity index (χ0v) is 10.1. The Morgan fingerprint density at radius 3 is 2.56 bits per heavy atom. The molecule has 0 spiro atoms. The molecule has 5 nitrogen and oxygen atoms in total. The predicted molar refractivity (Wildman–Crippen MR) is 65.5 cm³/mol. The fourth-order valence-corrected chi connectivity index (χ4v) is 1.29. The van der Waals surface area contributed by atoms with Crippen LogP contribution in [0, 0.1) is 12.7 Å². The molecule has 0 saturated heterocycles. The molecule has 0 bridgehead atoms. The number of rotatable bonds is 5. The Hall–Kier alpha value is -1.95. The Balaban J connectivity index is 2.41. The highest BCUT2D eigenvalue weighted by atomic mass is 19.1. The Bertz CT molecular complexity index is 449. The second kappa shape index (κ2) is 6.70. The van der Waals surface area contributed by atoms with E-state index in [1.165, 1.54) is 6.07 Å². The number of nitrogens with two attached hydrogens (primary N) is 1. The standard InChI is InChI=1S/C12H16FN3O2/c1-8-2-3-9(6-10(8)13)12(18)16-5-4-15-11(17)7-14/h2-3,6H,4-5,7,14H2,1H3,(H,15,17)(H,16,18). The maximum absolute atomic E-state index is 13.2. The van der Waals surface area contributed by atoms with E-state index in [1.54, 1.807) is 19.1 Å². The van der Waals surface area contributed by atoms with Gasteiger partial charge in [0.05, 0.1) is 6.54 Å². The number of carbonyl (C=O) groups is 2. The van der Waals surface area contributed by atoms with Crippen molar-refractivity contribution in [3.8, 4) is 0 Å². The lowest BCUT2D eigenvalue weighted by Gasteiger charge is -2.07. The molecule has 2 amide bonds. The normalized spacial score (nSPS) is 9.94. The Morgan fingerprint density at radius 1 is 1.28 bits per heavy atom. The maximum atomic E-state index is 13.2. The Morgan fingerprint density at radius 2 is 1.94 bits per heavy atom. The van der Waals surface area contributed by atoms with E-state index in [0.717, 1.165) is 0 Å². The minimum Gasteiger partial charge on any atom is -0.353 e. The summed E-state index contributed by atoms with van der Waals surface area (Å²) in [7, 11) is 0. The van der Waals surface area contributed by atoms with Crippen LogP contribution in [-0.2, 0) is 4.79 Å². The van der Waals surface area contributed by atoms with Crippen molar-refractivity contribution in [2.75, 3.05) is 19.6 Å². The number of amides is 2. The summed E-state index contributed by atoms with van der Waals surface area (Å²) in [5, 5.41) is 5.07. The lowest BCUT2D eigenvalue weighted by molar-refractivity contribution is -0.119. The summed E-state index contributed by atoms with van der Waals surface area (Å²) in [5.41, 5.74) is 5.84. The summed E-state index contributed by atoms with van der Waals surface area (Å²) in [6.45, 7) is 2.09. The van der Waals surface area contributed by atoms with E-state index >= 15 is 0 Å². The maximum Gasteiger partial charge on any atom is 0.251 e. The van der Waals surface area contributed by atoms with Crippen molar-refractivity contribution >= 4 is 11.8 Å². The second-order valence-electron chi connectivity index (χ2n) is 3.77. The summed E-state index contributed by atoms with van der Waals surface area (Å²) in [4.78, 5) is 22.4. The molecule has 98 valence electrons. The van der Waals surface area contributed by atoms with E-state index in [2.05, 4.69) is 10.6 Å². The molecule has 0 atom stereocenters. The number of nitrogens with one attached hydrogen (secondary N) is 2. The van der Waals surface area contributed by atoms with Crippen molar-refractivity contribution in [2.45, 2.75) is 6.92 Å². The van der Waals surface area contributed by atoms with Crippen LogP contribution in [0.3, 0.4) is 0 Å². The first kappa shape index (κ1) is 14.1. The topological polar surface area (TPSA) is 84.2 Å². The molecule has 0 heterocycles. The predicted octanol–water partition coefficient (Wildman–Crippen LogP) is -0.0612. The van der Waals surface area contributed by atoms with E-state index < -0.39 is 5.82 Å². The summed E-state index contributed by atoms with van der Waals surface area (Å²) < 4.78 is 13.2. The van der Waals surface area contributed by atoms with Crippen LogP contribution in [0.4, 0.5) is 4.39 Å². The average molecular weight is 253 g/mol. The van der Waals surface area contributed by atoms with Crippen LogP contribution >= 0.6 is 0 Å². The van der Waals surface area contributed by atoms with Crippen LogP contribution in [0.1, 0.15) is 15.9 Å². The molecule has 18 heavy (non-hydrogen) atoms. The van der Waals surface area contributed by atoms with Gasteiger partial charge >= 0.3 is 0 Å². The third-order valence-electron chi connectivity index (χ3n) is 2.35. The molecule has 0 aliphatic carbocycles. The van der Waals surface area contributed by atoms with Gasteiger partial charge in [-0.15, -0.1) is 0 Å². The van der Waals surface area contributed by atoms with Crippen LogP contribution < -0.4 is 16.4 Å². The van der Waals surface area contributed by atoms with Crippen LogP contribution in [0.15, 0.2) is 18.2 Å². The molecule has 4 N–H and O–H groups in total. The Kier molecular flexibility index (Phi) is 5.26. The third kappa shape index (κ3) is 4.14. The van der Waals surface area contributed by atoms with Gasteiger partial charge in [-0.25, -0.2) is 4.39 Å². The summed E-state index contributed by atoms with van der Waals surface area (Å²) in [6, 6.07) is 4.27. The number of benzene rings is 1. The Labute approximate surface area is 105 Å². The molecule has 1 rings (SSSR count). The fourth-order valence-electron chi connectivity index (χ4n) is 1.29. The van der Waals surface area contributed by atoms with Gasteiger partial charge in [-0.05, 0) is 24.6 Å². The zero-order chi connectivity index (χ0) is 13.5. The molecule has 0 aliphatic heterocycles. The van der Waals surface area contributed by atoms with Crippen molar-refractivity contribution in [1.82, 2.24) is 10.6 Å². The van der Waals surface area contributed by atoms with E-state index in [1.807, 2.05) is 0 Å². The van der Waals surface area contributed by atoms with Crippen LogP contribution in [0.5, 0.6) is 0 Å². The fraction of sp³-hybridized carbons (Fsp3) is 0.333. The first-order valence-electron chi connectivity index (χ1n) is 5.55. The van der Waals surface area contributed by atoms with Crippen molar-refractivity contribution in [2.24, 2.45) is 5.73 Å². The van der Waals surface area contributed by atoms with E-state index in [0.29, 0.717) is 5.56 Å². The van der Waals surface area contributed by atoms with Gasteiger partial charge in [0.25, 0.3) is 5.91 Å². The highest BCUT2D eigenvalue weighted by Gasteiger charge is 2.07. The van der Waals surface area contributed by atoms with Crippen LogP contribution in [0.2, 0.25) is 0 Å². The van der Waals surface area contributed by atoms with Gasteiger partial charge < -0.3 is 16.4 Å². The van der Waals surface area contributed by atoms with Gasteiger partial charge in [0.1, 0.15) is 5.82 Å². The number of hydrogen-bond acceptors (Lipinski definition) is 3. The third-order valence-corrected chi connectivity index (χ3v) is 2.35. The lowest BCUT2D eigenvalue weighted by Crippen LogP contribution is -2.37. The molecule has 6 heteroatoms. The van der Waals surface area contributed by atoms with Crippen LogP contribution in [-0.4, -0.2) is 31.4 Å². The monoisotopic (exact) mass is 253 g/mol. The van der Waals surface area contributed by atoms with Gasteiger partial charge in [0.15, 0.2) is 0 Å². The number of carbonyl (C=O) groups excluding carboxylic acids is 2. The van der Waals surface area contributed by atoms with Crippen molar-refractivity contribution in [1.29, 1.82) is 0 Å². The van der Waals surface area contributed by atoms with Gasteiger partial charge in [0.2, 0.25) is 5.91 Å². The first-order chi connectivity index (χ1) is 8.54. The average Bonchev–Trinajstić information content (AvgIpc) is 2.37. The summed E-state index contributed by atoms with van der Waals surface area (Å²) >= 11 is 0. The van der Waals surface area contributed by atoms with Gasteiger partial charge in [-0.3, -0.25) is 9.59 Å². The second-order valence-corrected chi connectivity index (χ2v) is 3.77. The first-order valence-corrected chi connectivity index (χ1v) is 5.55. The number of hydrogen-bond donors (Lipinski definition) is 3. The molecular formula is C12H16FN3O2. The smallest absolute Gasteiger partial charge is 0.251 e. The van der Waals surface area contributed by atoms with Crippen molar-refractivity contribution in [3.05, 3.63) is 35.1 Å². The molecule has 1 aromatic rings. The van der Waals surface area contributed by atoms with Crippen molar-refractivity contribution < 1.29 is 14.0 Å². The molecule has 0 radical (unpaired) electrons. The lowest BCUT2D eigenvalue weighted by atomic mass is 10.1. The largest absolute Gasteiger partial charge is 0.353 e. The molecule has 0 unspecified atom stereocenters. The SMILES string of the molecule is Cc1ccc(C(=O)NCCNC(=O)CN)cc1F. The number of aryl methyl sites for hydroxylation is 1. The number of halogens is 1. The molecular weight excluding hydrogens is 237 g/mol. The minimum absolute atomic E-state index is 0.0862. The zero-order valence-electron chi connectivity index (χ0n) is 10.1. The van der Waals surface area contributed by atoms with E-state index in [-0.39, 0.29) is 37.0 Å². The van der Waals surface area contributed by atoms with E-state index in [4.69, 9.17) is 5.73 Å². The highest BCUT2D eigenvalue weighted by molar-refractivity contribution is 5.94. The highest BCUT2D eigenvalue weighted by Crippen LogP contribution is 2.08. The molecule has 0 aliphatic rings. The van der Waals surface area contributed by atoms with Gasteiger partial charge in [-0.2, -0.15) is 0 Å². The summed E-state index contributed by atoms with van der Waals surface area (Å²) in [5.74, 6) is -1.08. The van der Waals surface area contributed by atoms with Crippen molar-refractivity contribution in [3.63, 3.8) is 0 Å². The molecule has 1 aromatic carbocycles. The van der Waals surface area contributed by atoms with E-state index in [9.17, 15) is 14.0 Å². The van der Waals surface area contributed by atoms with Gasteiger partial charge in [-0.1, -0.05) is 6.07 Å². The molecule has 0 aromatic heterocycles. The quantitative estimate of drug-likeness (QED) is 0.643. The minimum atomic E-state index is -0.418. The summed E-state index contributed by atoms with van der Waals surface area (Å²) in [6.07, 6.45) is 0. The van der Waals surface area contributed by atoms with Gasteiger partial charge in [0, 0.05) is 18.7 Å². The van der Waals surface area contributed by atoms with Crippen LogP contribution in [0.25, 0.3) is 0 Å². The molecule has 0 fully saturated rings. The molecule has 0 saturated carbocycles.